The smallest absolute Gasteiger partial charge is 0.353 e. The Bertz CT molecular complexity index is 1310. The van der Waals surface area contributed by atoms with Gasteiger partial charge in [0.1, 0.15) is 6.54 Å². The molecule has 1 fully saturated rings. The monoisotopic (exact) mass is 486 g/mol. The Morgan fingerprint density at radius 3 is 2.67 bits per heavy atom. The number of imide groups is 1. The molecule has 1 aliphatic heterocycles. The van der Waals surface area contributed by atoms with Crippen LogP contribution in [0.4, 0.5) is 4.79 Å². The number of amides is 3. The van der Waals surface area contributed by atoms with Gasteiger partial charge in [0.05, 0.1) is 4.91 Å². The van der Waals surface area contributed by atoms with E-state index in [0.717, 1.165) is 21.2 Å². The lowest BCUT2D eigenvalue weighted by molar-refractivity contribution is -0.124. The van der Waals surface area contributed by atoms with E-state index in [1.807, 2.05) is 0 Å². The van der Waals surface area contributed by atoms with E-state index in [9.17, 15) is 19.2 Å². The Morgan fingerprint density at radius 2 is 1.91 bits per heavy atom. The number of nitrogens with one attached hydrogen (secondary N) is 1. The van der Waals surface area contributed by atoms with E-state index in [1.54, 1.807) is 36.4 Å². The zero-order chi connectivity index (χ0) is 23.4. The molecule has 0 spiro atoms. The molecule has 3 aromatic rings. The van der Waals surface area contributed by atoms with E-state index < -0.39 is 29.4 Å². The summed E-state index contributed by atoms with van der Waals surface area (Å²) in [5.41, 5.74) is 0.621. The van der Waals surface area contributed by atoms with Gasteiger partial charge in [0.2, 0.25) is 11.7 Å². The fourth-order valence-electron chi connectivity index (χ4n) is 2.92. The summed E-state index contributed by atoms with van der Waals surface area (Å²) in [4.78, 5) is 58.3. The Balaban J connectivity index is 1.36. The average molecular weight is 487 g/mol. The molecule has 1 aliphatic rings. The normalized spacial score (nSPS) is 14.8. The Morgan fingerprint density at radius 1 is 1.15 bits per heavy atom. The van der Waals surface area contributed by atoms with Gasteiger partial charge in [-0.2, -0.15) is 0 Å². The number of thioether (sulfide) groups is 1. The number of halogens is 1. The number of benzene rings is 1. The number of aromatic nitrogens is 4. The average Bonchev–Trinajstić information content (AvgIpc) is 3.30. The van der Waals surface area contributed by atoms with Gasteiger partial charge in [-0.15, -0.1) is 0 Å². The van der Waals surface area contributed by atoms with Crippen LogP contribution in [0.5, 0.6) is 0 Å². The molecule has 0 radical (unpaired) electrons. The number of hydrogen-bond acceptors (Lipinski definition) is 9. The van der Waals surface area contributed by atoms with Gasteiger partial charge in [-0.1, -0.05) is 35.0 Å². The summed E-state index contributed by atoms with van der Waals surface area (Å²) in [6.45, 7) is -0.443. The molecule has 0 saturated carbocycles. The second kappa shape index (κ2) is 9.79. The molecule has 11 nitrogen and oxygen atoms in total. The first-order chi connectivity index (χ1) is 15.9. The summed E-state index contributed by atoms with van der Waals surface area (Å²) >= 11 is 6.90. The van der Waals surface area contributed by atoms with Crippen molar-refractivity contribution in [3.8, 4) is 11.6 Å². The molecule has 13 heteroatoms. The maximum Gasteiger partial charge on any atom is 0.442 e. The third-order valence-corrected chi connectivity index (χ3v) is 5.73. The summed E-state index contributed by atoms with van der Waals surface area (Å²) in [5, 5.41) is 6.18. The van der Waals surface area contributed by atoms with E-state index in [4.69, 9.17) is 11.6 Å². The highest BCUT2D eigenvalue weighted by atomic mass is 35.5. The number of nitrogens with zero attached hydrogens (tertiary/aromatic N) is 5. The second-order valence-corrected chi connectivity index (χ2v) is 8.04. The van der Waals surface area contributed by atoms with Crippen molar-refractivity contribution >= 4 is 46.5 Å². The Kier molecular flexibility index (Phi) is 6.66. The van der Waals surface area contributed by atoms with Gasteiger partial charge in [-0.3, -0.25) is 23.8 Å². The van der Waals surface area contributed by atoms with Crippen LogP contribution in [0.15, 0.2) is 56.9 Å². The third-order valence-electron chi connectivity index (χ3n) is 4.48. The second-order valence-electron chi connectivity index (χ2n) is 6.64. The van der Waals surface area contributed by atoms with E-state index >= 15 is 0 Å². The number of carbonyl (C=O) groups is 3. The van der Waals surface area contributed by atoms with Crippen molar-refractivity contribution in [2.75, 3.05) is 13.1 Å². The van der Waals surface area contributed by atoms with Crippen molar-refractivity contribution in [3.05, 3.63) is 68.8 Å². The predicted molar refractivity (Wildman–Crippen MR) is 119 cm³/mol. The lowest BCUT2D eigenvalue weighted by atomic mass is 10.2. The summed E-state index contributed by atoms with van der Waals surface area (Å²) in [6, 6.07) is 8.54. The highest BCUT2D eigenvalue weighted by Crippen LogP contribution is 2.33. The molecule has 168 valence electrons. The van der Waals surface area contributed by atoms with Crippen molar-refractivity contribution < 1.29 is 18.9 Å². The predicted octanol–water partition coefficient (Wildman–Crippen LogP) is 1.80. The molecule has 0 atom stereocenters. The standard InChI is InChI=1S/C20H15ClN6O5S/c21-13-5-2-1-4-12(13)10-14-18(29)26(20(31)33-14)9-8-22-15(28)11-27-17(25-32-19(27)30)16-23-6-3-7-24-16/h1-7,10H,8-9,11H2,(H,22,28)/b14-10-. The van der Waals surface area contributed by atoms with E-state index in [1.165, 1.54) is 12.4 Å². The van der Waals surface area contributed by atoms with Gasteiger partial charge in [-0.25, -0.2) is 19.3 Å². The molecule has 0 bridgehead atoms. The van der Waals surface area contributed by atoms with Crippen LogP contribution >= 0.6 is 23.4 Å². The summed E-state index contributed by atoms with van der Waals surface area (Å²) in [6.07, 6.45) is 4.47. The van der Waals surface area contributed by atoms with Crippen LogP contribution in [-0.4, -0.2) is 54.7 Å². The van der Waals surface area contributed by atoms with Crippen LogP contribution in [0.3, 0.4) is 0 Å². The van der Waals surface area contributed by atoms with Crippen LogP contribution in [-0.2, 0) is 16.1 Å². The van der Waals surface area contributed by atoms with Gasteiger partial charge in [0.25, 0.3) is 11.1 Å². The molecule has 2 aromatic heterocycles. The molecule has 33 heavy (non-hydrogen) atoms. The number of hydrogen-bond donors (Lipinski definition) is 1. The fourth-order valence-corrected chi connectivity index (χ4v) is 3.96. The summed E-state index contributed by atoms with van der Waals surface area (Å²) < 4.78 is 5.60. The minimum absolute atomic E-state index is 0.00593. The zero-order valence-electron chi connectivity index (χ0n) is 16.8. The zero-order valence-corrected chi connectivity index (χ0v) is 18.4. The molecule has 0 aliphatic carbocycles. The SMILES string of the molecule is O=C(Cn1c(-c2ncccn2)noc1=O)NCCN1C(=O)S/C(=C\c2ccccc2Cl)C1=O. The Hall–Kier alpha value is -3.77. The molecule has 0 unspecified atom stereocenters. The van der Waals surface area contributed by atoms with Crippen molar-refractivity contribution in [2.24, 2.45) is 0 Å². The lowest BCUT2D eigenvalue weighted by Crippen LogP contribution is -2.39. The van der Waals surface area contributed by atoms with E-state index in [0.29, 0.717) is 10.6 Å². The largest absolute Gasteiger partial charge is 0.442 e. The number of carbonyl (C=O) groups excluding carboxylic acids is 3. The van der Waals surface area contributed by atoms with Gasteiger partial charge in [0, 0.05) is 30.5 Å². The highest BCUT2D eigenvalue weighted by Gasteiger charge is 2.34. The maximum absolute atomic E-state index is 12.6. The van der Waals surface area contributed by atoms with Crippen LogP contribution < -0.4 is 11.1 Å². The number of rotatable bonds is 7. The Labute approximate surface area is 195 Å². The lowest BCUT2D eigenvalue weighted by Gasteiger charge is -2.13. The minimum Gasteiger partial charge on any atom is -0.353 e. The van der Waals surface area contributed by atoms with Gasteiger partial charge < -0.3 is 5.32 Å². The first-order valence-electron chi connectivity index (χ1n) is 9.54. The highest BCUT2D eigenvalue weighted by molar-refractivity contribution is 8.18. The molecule has 1 N–H and O–H groups in total. The van der Waals surface area contributed by atoms with Crippen LogP contribution in [0.2, 0.25) is 5.02 Å². The first-order valence-corrected chi connectivity index (χ1v) is 10.7. The van der Waals surface area contributed by atoms with Gasteiger partial charge in [0.15, 0.2) is 5.82 Å². The summed E-state index contributed by atoms with van der Waals surface area (Å²) in [5.74, 6) is -1.73. The van der Waals surface area contributed by atoms with Crippen LogP contribution in [0.25, 0.3) is 17.7 Å². The van der Waals surface area contributed by atoms with E-state index in [2.05, 4.69) is 25.0 Å². The molecule has 1 saturated heterocycles. The molecule has 3 heterocycles. The van der Waals surface area contributed by atoms with Crippen LogP contribution in [0.1, 0.15) is 5.56 Å². The molecule has 3 amide bonds. The van der Waals surface area contributed by atoms with Gasteiger partial charge >= 0.3 is 5.76 Å². The van der Waals surface area contributed by atoms with Crippen molar-refractivity contribution in [3.63, 3.8) is 0 Å². The van der Waals surface area contributed by atoms with E-state index in [-0.39, 0.29) is 29.6 Å². The molecular weight excluding hydrogens is 472 g/mol. The molecule has 4 rings (SSSR count). The first kappa shape index (κ1) is 22.4. The van der Waals surface area contributed by atoms with Crippen molar-refractivity contribution in [1.82, 2.24) is 29.9 Å². The topological polar surface area (TPSA) is 140 Å². The third kappa shape index (κ3) is 5.02. The van der Waals surface area contributed by atoms with Gasteiger partial charge in [-0.05, 0) is 35.5 Å². The van der Waals surface area contributed by atoms with Crippen LogP contribution in [0, 0.1) is 0 Å². The minimum atomic E-state index is -0.844. The summed E-state index contributed by atoms with van der Waals surface area (Å²) in [7, 11) is 0. The van der Waals surface area contributed by atoms with Crippen molar-refractivity contribution in [1.29, 1.82) is 0 Å². The molecule has 1 aromatic carbocycles. The fraction of sp³-hybridized carbons (Fsp3) is 0.150. The molecular formula is C20H15ClN6O5S. The quantitative estimate of drug-likeness (QED) is 0.495. The maximum atomic E-state index is 12.6. The van der Waals surface area contributed by atoms with Crippen molar-refractivity contribution in [2.45, 2.75) is 6.54 Å².